The molecule has 1 aliphatic rings. The number of nitrogens with one attached hydrogen (secondary N) is 1. The number of methoxy groups -OCH3 is 1. The van der Waals surface area contributed by atoms with E-state index in [0.717, 1.165) is 0 Å². The van der Waals surface area contributed by atoms with Gasteiger partial charge in [-0.2, -0.15) is 0 Å². The minimum absolute atomic E-state index is 0.0544. The minimum atomic E-state index is -2.99. The van der Waals surface area contributed by atoms with E-state index in [1.54, 1.807) is 12.0 Å². The summed E-state index contributed by atoms with van der Waals surface area (Å²) in [7, 11) is -1.42. The van der Waals surface area contributed by atoms with Gasteiger partial charge in [0, 0.05) is 19.7 Å². The molecule has 0 aromatic carbocycles. The fourth-order valence-electron chi connectivity index (χ4n) is 2.02. The van der Waals surface area contributed by atoms with Crippen molar-refractivity contribution in [3.05, 3.63) is 0 Å². The summed E-state index contributed by atoms with van der Waals surface area (Å²) in [6, 6.07) is -0.518. The van der Waals surface area contributed by atoms with Crippen LogP contribution in [0.15, 0.2) is 0 Å². The third kappa shape index (κ3) is 5.33. The average Bonchev–Trinajstić information content (AvgIpc) is 2.70. The second kappa shape index (κ2) is 7.66. The SMILES string of the molecule is CCN(C(=O)NCOCCOC)C1CCS(=O)(=O)C1. The molecule has 1 atom stereocenters. The molecule has 19 heavy (non-hydrogen) atoms. The van der Waals surface area contributed by atoms with E-state index >= 15 is 0 Å². The summed E-state index contributed by atoms with van der Waals surface area (Å²) in [5.74, 6) is 0.213. The highest BCUT2D eigenvalue weighted by Crippen LogP contribution is 2.17. The minimum Gasteiger partial charge on any atom is -0.382 e. The van der Waals surface area contributed by atoms with Gasteiger partial charge in [0.1, 0.15) is 6.73 Å². The van der Waals surface area contributed by atoms with Gasteiger partial charge < -0.3 is 19.7 Å². The maximum atomic E-state index is 11.9. The molecule has 1 unspecified atom stereocenters. The lowest BCUT2D eigenvalue weighted by Crippen LogP contribution is -2.47. The Bertz CT molecular complexity index is 385. The molecule has 112 valence electrons. The normalized spacial score (nSPS) is 21.3. The van der Waals surface area contributed by atoms with Crippen LogP contribution >= 0.6 is 0 Å². The maximum absolute atomic E-state index is 11.9. The highest BCUT2D eigenvalue weighted by molar-refractivity contribution is 7.91. The quantitative estimate of drug-likeness (QED) is 0.520. The summed E-state index contributed by atoms with van der Waals surface area (Å²) in [6.07, 6.45) is 0.508. The fourth-order valence-corrected chi connectivity index (χ4v) is 3.75. The summed E-state index contributed by atoms with van der Waals surface area (Å²) >= 11 is 0. The maximum Gasteiger partial charge on any atom is 0.319 e. The Labute approximate surface area is 114 Å². The van der Waals surface area contributed by atoms with Gasteiger partial charge in [0.05, 0.1) is 24.7 Å². The summed E-state index contributed by atoms with van der Waals surface area (Å²) in [5.41, 5.74) is 0. The van der Waals surface area contributed by atoms with E-state index in [4.69, 9.17) is 9.47 Å². The van der Waals surface area contributed by atoms with Crippen molar-refractivity contribution in [2.45, 2.75) is 19.4 Å². The van der Waals surface area contributed by atoms with Crippen LogP contribution in [-0.2, 0) is 19.3 Å². The lowest BCUT2D eigenvalue weighted by atomic mass is 10.2. The third-order valence-electron chi connectivity index (χ3n) is 3.01. The third-order valence-corrected chi connectivity index (χ3v) is 4.76. The summed E-state index contributed by atoms with van der Waals surface area (Å²) < 4.78 is 32.8. The molecule has 1 aliphatic heterocycles. The van der Waals surface area contributed by atoms with Gasteiger partial charge in [0.15, 0.2) is 9.84 Å². The largest absolute Gasteiger partial charge is 0.382 e. The highest BCUT2D eigenvalue weighted by atomic mass is 32.2. The summed E-state index contributed by atoms with van der Waals surface area (Å²) in [4.78, 5) is 13.5. The van der Waals surface area contributed by atoms with Crippen molar-refractivity contribution in [1.82, 2.24) is 10.2 Å². The molecule has 0 bridgehead atoms. The van der Waals surface area contributed by atoms with Crippen LogP contribution in [-0.4, -0.2) is 70.5 Å². The Morgan fingerprint density at radius 3 is 2.68 bits per heavy atom. The molecule has 1 fully saturated rings. The Balaban J connectivity index is 2.36. The second-order valence-corrected chi connectivity index (χ2v) is 6.60. The number of ether oxygens (including phenoxy) is 2. The Morgan fingerprint density at radius 1 is 1.42 bits per heavy atom. The number of sulfone groups is 1. The van der Waals surface area contributed by atoms with Gasteiger partial charge in [-0.1, -0.05) is 0 Å². The Kier molecular flexibility index (Phi) is 6.53. The molecule has 2 amide bonds. The smallest absolute Gasteiger partial charge is 0.319 e. The molecule has 7 nitrogen and oxygen atoms in total. The van der Waals surface area contributed by atoms with E-state index in [2.05, 4.69) is 5.32 Å². The first-order valence-corrected chi connectivity index (χ1v) is 8.14. The first kappa shape index (κ1) is 16.2. The molecular formula is C11H22N2O5S. The van der Waals surface area contributed by atoms with Crippen LogP contribution in [0, 0.1) is 0 Å². The molecule has 8 heteroatoms. The number of amides is 2. The molecule has 1 N–H and O–H groups in total. The number of hydrogen-bond donors (Lipinski definition) is 1. The van der Waals surface area contributed by atoms with Crippen molar-refractivity contribution in [1.29, 1.82) is 0 Å². The van der Waals surface area contributed by atoms with Crippen molar-refractivity contribution >= 4 is 15.9 Å². The zero-order valence-corrected chi connectivity index (χ0v) is 12.2. The summed E-state index contributed by atoms with van der Waals surface area (Å²) in [6.45, 7) is 3.27. The van der Waals surface area contributed by atoms with Gasteiger partial charge in [-0.15, -0.1) is 0 Å². The zero-order chi connectivity index (χ0) is 14.3. The lowest BCUT2D eigenvalue weighted by Gasteiger charge is -2.26. The van der Waals surface area contributed by atoms with Crippen LogP contribution in [0.4, 0.5) is 4.79 Å². The highest BCUT2D eigenvalue weighted by Gasteiger charge is 2.33. The molecule has 1 heterocycles. The number of carbonyl (C=O) groups is 1. The van der Waals surface area contributed by atoms with Crippen LogP contribution < -0.4 is 5.32 Å². The first-order chi connectivity index (χ1) is 9.00. The van der Waals surface area contributed by atoms with E-state index < -0.39 is 9.84 Å². The van der Waals surface area contributed by atoms with E-state index in [1.807, 2.05) is 6.92 Å². The van der Waals surface area contributed by atoms with E-state index in [9.17, 15) is 13.2 Å². The second-order valence-electron chi connectivity index (χ2n) is 4.37. The average molecular weight is 294 g/mol. The van der Waals surface area contributed by atoms with Crippen LogP contribution in [0.2, 0.25) is 0 Å². The molecule has 0 aromatic heterocycles. The molecular weight excluding hydrogens is 272 g/mol. The molecule has 1 saturated heterocycles. The number of rotatable bonds is 7. The number of urea groups is 1. The fraction of sp³-hybridized carbons (Fsp3) is 0.909. The van der Waals surface area contributed by atoms with Crippen molar-refractivity contribution < 1.29 is 22.7 Å². The molecule has 0 aromatic rings. The number of hydrogen-bond acceptors (Lipinski definition) is 5. The van der Waals surface area contributed by atoms with Gasteiger partial charge in [-0.05, 0) is 13.3 Å². The number of carbonyl (C=O) groups excluding carboxylic acids is 1. The Morgan fingerprint density at radius 2 is 2.16 bits per heavy atom. The van der Waals surface area contributed by atoms with Crippen LogP contribution in [0.5, 0.6) is 0 Å². The molecule has 0 saturated carbocycles. The first-order valence-electron chi connectivity index (χ1n) is 6.31. The number of nitrogens with zero attached hydrogens (tertiary/aromatic N) is 1. The Hall–Kier alpha value is -0.860. The molecule has 0 aliphatic carbocycles. The van der Waals surface area contributed by atoms with Gasteiger partial charge in [0.2, 0.25) is 0 Å². The van der Waals surface area contributed by atoms with Crippen molar-refractivity contribution in [2.75, 3.05) is 45.1 Å². The van der Waals surface area contributed by atoms with Gasteiger partial charge in [0.25, 0.3) is 0 Å². The molecule has 1 rings (SSSR count). The van der Waals surface area contributed by atoms with Crippen molar-refractivity contribution in [3.63, 3.8) is 0 Å². The monoisotopic (exact) mass is 294 g/mol. The van der Waals surface area contributed by atoms with Crippen LogP contribution in [0.25, 0.3) is 0 Å². The standard InChI is InChI=1S/C11H22N2O5S/c1-3-13(10-4-7-19(15,16)8-10)11(14)12-9-18-6-5-17-2/h10H,3-9H2,1-2H3,(H,12,14). The predicted octanol–water partition coefficient (Wildman–Crippen LogP) is -0.174. The van der Waals surface area contributed by atoms with E-state index in [-0.39, 0.29) is 30.3 Å². The molecule has 0 spiro atoms. The van der Waals surface area contributed by atoms with Crippen molar-refractivity contribution in [2.24, 2.45) is 0 Å². The lowest BCUT2D eigenvalue weighted by molar-refractivity contribution is 0.0609. The van der Waals surface area contributed by atoms with E-state index in [0.29, 0.717) is 26.2 Å². The zero-order valence-electron chi connectivity index (χ0n) is 11.4. The predicted molar refractivity (Wildman–Crippen MR) is 70.7 cm³/mol. The topological polar surface area (TPSA) is 84.9 Å². The van der Waals surface area contributed by atoms with Crippen LogP contribution in [0.3, 0.4) is 0 Å². The van der Waals surface area contributed by atoms with Gasteiger partial charge in [-0.3, -0.25) is 0 Å². The molecule has 0 radical (unpaired) electrons. The van der Waals surface area contributed by atoms with Crippen molar-refractivity contribution in [3.8, 4) is 0 Å². The summed E-state index contributed by atoms with van der Waals surface area (Å²) in [5, 5.41) is 2.61. The van der Waals surface area contributed by atoms with E-state index in [1.165, 1.54) is 0 Å². The van der Waals surface area contributed by atoms with Gasteiger partial charge >= 0.3 is 6.03 Å². The van der Waals surface area contributed by atoms with Crippen LogP contribution in [0.1, 0.15) is 13.3 Å². The van der Waals surface area contributed by atoms with Gasteiger partial charge in [-0.25, -0.2) is 13.2 Å².